The van der Waals surface area contributed by atoms with Gasteiger partial charge in [0.2, 0.25) is 0 Å². The summed E-state index contributed by atoms with van der Waals surface area (Å²) >= 11 is 0. The molecule has 0 saturated heterocycles. The predicted molar refractivity (Wildman–Crippen MR) is 191 cm³/mol. The van der Waals surface area contributed by atoms with Gasteiger partial charge in [0, 0.05) is 34.4 Å². The zero-order valence-electron chi connectivity index (χ0n) is 30.6. The number of hydrogen-bond donors (Lipinski definition) is 1. The number of benzene rings is 3. The summed E-state index contributed by atoms with van der Waals surface area (Å²) in [4.78, 5) is 38.5. The predicted octanol–water partition coefficient (Wildman–Crippen LogP) is 6.31. The number of hydrogen-bond acceptors (Lipinski definition) is 17. The maximum atomic E-state index is 13.4. The molecule has 3 heterocycles. The van der Waals surface area contributed by atoms with Crippen molar-refractivity contribution < 1.29 is 83.1 Å². The van der Waals surface area contributed by atoms with Crippen molar-refractivity contribution in [3.05, 3.63) is 70.4 Å². The van der Waals surface area contributed by atoms with Crippen LogP contribution in [0.3, 0.4) is 0 Å². The Morgan fingerprint density at radius 1 is 0.625 bits per heavy atom. The zero-order valence-corrected chi connectivity index (χ0v) is 31.4. The molecule has 1 N–H and O–H groups in total. The second-order valence-electron chi connectivity index (χ2n) is 11.6. The van der Waals surface area contributed by atoms with Gasteiger partial charge in [-0.15, -0.1) is 0 Å². The van der Waals surface area contributed by atoms with Crippen molar-refractivity contribution in [3.63, 3.8) is 0 Å². The first kappa shape index (κ1) is 39.1. The van der Waals surface area contributed by atoms with Gasteiger partial charge in [-0.3, -0.25) is 0 Å². The van der Waals surface area contributed by atoms with Crippen LogP contribution in [0.5, 0.6) is 34.5 Å². The zero-order chi connectivity index (χ0) is 40.5. The number of furan rings is 3. The molecule has 0 amide bonds. The molecule has 0 fully saturated rings. The molecule has 0 bridgehead atoms. The molecule has 6 rings (SSSR count). The maximum absolute atomic E-state index is 13.4. The van der Waals surface area contributed by atoms with E-state index < -0.39 is 40.7 Å². The molecule has 3 aromatic carbocycles. The van der Waals surface area contributed by atoms with Crippen LogP contribution < -0.4 is 27.9 Å². The van der Waals surface area contributed by atoms with E-state index in [0.717, 1.165) is 6.07 Å². The van der Waals surface area contributed by atoms with Crippen LogP contribution in [-0.4, -0.2) is 70.5 Å². The van der Waals surface area contributed by atoms with Gasteiger partial charge in [-0.2, -0.15) is 0 Å². The number of esters is 2. The van der Waals surface area contributed by atoms with Gasteiger partial charge in [-0.05, 0) is 39.0 Å². The Hall–Kier alpha value is -6.60. The van der Waals surface area contributed by atoms with Gasteiger partial charge in [0.05, 0.1) is 34.5 Å². The summed E-state index contributed by atoms with van der Waals surface area (Å²) in [6.07, 6.45) is 0. The van der Waals surface area contributed by atoms with E-state index in [1.807, 2.05) is 0 Å². The Morgan fingerprint density at radius 2 is 1.02 bits per heavy atom. The highest BCUT2D eigenvalue weighted by molar-refractivity contribution is 7.81. The normalized spacial score (nSPS) is 11.5. The van der Waals surface area contributed by atoms with Crippen molar-refractivity contribution in [2.24, 2.45) is 0 Å². The number of aryl methyl sites for hydroxylation is 1. The number of fused-ring (bicyclic) bond motifs is 3. The Labute approximate surface area is 317 Å². The summed E-state index contributed by atoms with van der Waals surface area (Å²) in [5.74, 6) is -2.74. The number of carbonyl (C=O) groups excluding carboxylic acids is 2. The van der Waals surface area contributed by atoms with E-state index in [0.29, 0.717) is 0 Å². The van der Waals surface area contributed by atoms with E-state index in [2.05, 4.69) is 4.18 Å². The van der Waals surface area contributed by atoms with Crippen LogP contribution in [-0.2, 0) is 33.1 Å². The fourth-order valence-corrected chi connectivity index (χ4v) is 6.38. The minimum absolute atomic E-state index is 0.0105. The van der Waals surface area contributed by atoms with Gasteiger partial charge in [0.15, 0.2) is 46.0 Å². The van der Waals surface area contributed by atoms with Gasteiger partial charge < -0.3 is 60.3 Å². The number of methoxy groups -OCH3 is 3. The molecule has 19 heteroatoms. The number of carboxylic acids is 1. The standard InChI is InChI=1S/C37H34O18S/c1-7-48-36(40)33-19-10-28(51-16-31-34(37(41)49-8-2)20-11-29(55-56(42,43)44)26(47-6)14-23(20)54-31)25(46-5)13-22(19)53-30(33)15-50-27-9-18-21(12-24(27)45-4)52-17(3)32(18)35(38)39/h9-14H,7-8,15-16H2,1-6H3,(H,38,39)(H,42,43,44)/p-1. The second-order valence-corrected chi connectivity index (χ2v) is 12.6. The highest BCUT2D eigenvalue weighted by atomic mass is 32.3. The van der Waals surface area contributed by atoms with Crippen LogP contribution in [0.15, 0.2) is 49.6 Å². The maximum Gasteiger partial charge on any atom is 0.342 e. The molecule has 0 aliphatic heterocycles. The molecule has 56 heavy (non-hydrogen) atoms. The van der Waals surface area contributed by atoms with E-state index in [4.69, 9.17) is 46.4 Å². The first-order chi connectivity index (χ1) is 26.7. The van der Waals surface area contributed by atoms with E-state index in [9.17, 15) is 32.5 Å². The van der Waals surface area contributed by atoms with E-state index in [1.165, 1.54) is 58.6 Å². The topological polar surface area (TPSA) is 242 Å². The lowest BCUT2D eigenvalue weighted by molar-refractivity contribution is 0.0513. The molecule has 0 atom stereocenters. The monoisotopic (exact) mass is 797 g/mol. The van der Waals surface area contributed by atoms with Crippen LogP contribution >= 0.6 is 0 Å². The summed E-state index contributed by atoms with van der Waals surface area (Å²) in [6, 6.07) is 8.16. The molecule has 0 aliphatic rings. The van der Waals surface area contributed by atoms with Gasteiger partial charge in [0.25, 0.3) is 10.4 Å². The van der Waals surface area contributed by atoms with E-state index in [-0.39, 0.29) is 115 Å². The Bertz CT molecular complexity index is 2610. The summed E-state index contributed by atoms with van der Waals surface area (Å²) in [5.41, 5.74) is 0.286. The first-order valence-corrected chi connectivity index (χ1v) is 17.9. The summed E-state index contributed by atoms with van der Waals surface area (Å²) in [7, 11) is -1.26. The van der Waals surface area contributed by atoms with Crippen molar-refractivity contribution in [1.29, 1.82) is 0 Å². The quantitative estimate of drug-likeness (QED) is 0.0641. The molecular weight excluding hydrogens is 764 g/mol. The lowest BCUT2D eigenvalue weighted by Crippen LogP contribution is -2.10. The lowest BCUT2D eigenvalue weighted by Gasteiger charge is -2.12. The van der Waals surface area contributed by atoms with Crippen molar-refractivity contribution in [3.8, 4) is 34.5 Å². The van der Waals surface area contributed by atoms with Crippen LogP contribution in [0.4, 0.5) is 0 Å². The first-order valence-electron chi connectivity index (χ1n) is 16.6. The SMILES string of the molecule is CCOC(=O)c1c(COc2cc3c(C(=O)O)c(C)oc3cc2OC)oc2cc(OC)c(OCc3oc4cc(OC)c(OS(=O)(=O)[O-])cc4c3C(=O)OCC)cc12. The van der Waals surface area contributed by atoms with Crippen LogP contribution in [0.25, 0.3) is 32.9 Å². The number of ether oxygens (including phenoxy) is 7. The fraction of sp³-hybridized carbons (Fsp3) is 0.270. The third-order valence-electron chi connectivity index (χ3n) is 8.33. The van der Waals surface area contributed by atoms with Crippen molar-refractivity contribution in [2.75, 3.05) is 34.5 Å². The van der Waals surface area contributed by atoms with Crippen LogP contribution in [0.1, 0.15) is 62.2 Å². The van der Waals surface area contributed by atoms with Gasteiger partial charge >= 0.3 is 17.9 Å². The number of carbonyl (C=O) groups is 3. The number of aromatic carboxylic acids is 1. The van der Waals surface area contributed by atoms with Crippen molar-refractivity contribution >= 4 is 61.2 Å². The molecular formula is C37H33O18S-. The summed E-state index contributed by atoms with van der Waals surface area (Å²) < 4.78 is 95.2. The lowest BCUT2D eigenvalue weighted by atomic mass is 10.1. The largest absolute Gasteiger partial charge is 0.716 e. The van der Waals surface area contributed by atoms with Gasteiger partial charge in [-0.25, -0.2) is 22.8 Å². The minimum Gasteiger partial charge on any atom is -0.716 e. The molecule has 3 aromatic heterocycles. The average molecular weight is 798 g/mol. The van der Waals surface area contributed by atoms with E-state index in [1.54, 1.807) is 13.8 Å². The molecule has 0 spiro atoms. The molecule has 18 nitrogen and oxygen atoms in total. The Balaban J connectivity index is 1.39. The fourth-order valence-electron chi connectivity index (χ4n) is 6.03. The van der Waals surface area contributed by atoms with Gasteiger partial charge in [0.1, 0.15) is 52.4 Å². The molecule has 0 unspecified atom stereocenters. The minimum atomic E-state index is -5.22. The highest BCUT2D eigenvalue weighted by Gasteiger charge is 2.28. The third kappa shape index (κ3) is 7.53. The van der Waals surface area contributed by atoms with E-state index >= 15 is 0 Å². The molecule has 0 saturated carbocycles. The third-order valence-corrected chi connectivity index (χ3v) is 8.71. The average Bonchev–Trinajstić information content (AvgIpc) is 3.80. The number of carboxylic acid groups (broad SMARTS) is 1. The van der Waals surface area contributed by atoms with Crippen LogP contribution in [0, 0.1) is 6.92 Å². The summed E-state index contributed by atoms with van der Waals surface area (Å²) in [6.45, 7) is 3.95. The smallest absolute Gasteiger partial charge is 0.342 e. The molecule has 296 valence electrons. The molecule has 6 aromatic rings. The highest BCUT2D eigenvalue weighted by Crippen LogP contribution is 2.42. The van der Waals surface area contributed by atoms with Crippen LogP contribution in [0.2, 0.25) is 0 Å². The number of rotatable bonds is 16. The Morgan fingerprint density at radius 3 is 1.41 bits per heavy atom. The van der Waals surface area contributed by atoms with Crippen molar-refractivity contribution in [1.82, 2.24) is 0 Å². The van der Waals surface area contributed by atoms with Crippen molar-refractivity contribution in [2.45, 2.75) is 34.0 Å². The Kier molecular flexibility index (Phi) is 10.9. The molecule has 0 radical (unpaired) electrons. The molecule has 0 aliphatic carbocycles. The van der Waals surface area contributed by atoms with Gasteiger partial charge in [-0.1, -0.05) is 0 Å². The second kappa shape index (κ2) is 15.6. The summed E-state index contributed by atoms with van der Waals surface area (Å²) in [5, 5.41) is 10.3.